The van der Waals surface area contributed by atoms with Gasteiger partial charge in [0.25, 0.3) is 0 Å². The summed E-state index contributed by atoms with van der Waals surface area (Å²) < 4.78 is 13.6. The van der Waals surface area contributed by atoms with Gasteiger partial charge in [-0.2, -0.15) is 0 Å². The summed E-state index contributed by atoms with van der Waals surface area (Å²) in [7, 11) is 0. The van der Waals surface area contributed by atoms with Crippen molar-refractivity contribution in [2.75, 3.05) is 11.9 Å². The van der Waals surface area contributed by atoms with E-state index < -0.39 is 11.8 Å². The average Bonchev–Trinajstić information content (AvgIpc) is 2.23. The summed E-state index contributed by atoms with van der Waals surface area (Å²) in [5.41, 5.74) is 0.360. The largest absolute Gasteiger partial charge is 0.396 e. The third kappa shape index (κ3) is 4.70. The van der Waals surface area contributed by atoms with Crippen molar-refractivity contribution in [1.29, 1.82) is 0 Å². The van der Waals surface area contributed by atoms with E-state index in [0.29, 0.717) is 16.6 Å². The molecule has 1 aromatic carbocycles. The monoisotopic (exact) mass is 304 g/mol. The molecule has 0 heterocycles. The second-order valence-corrected chi connectivity index (χ2v) is 4.49. The molecule has 0 unspecified atom stereocenters. The predicted octanol–water partition coefficient (Wildman–Crippen LogP) is 2.48. The minimum absolute atomic E-state index is 0.00507. The average molecular weight is 305 g/mol. The number of hydrogen-bond acceptors (Lipinski definition) is 2. The Morgan fingerprint density at radius 2 is 2.29 bits per heavy atom. The van der Waals surface area contributed by atoms with Gasteiger partial charge in [0, 0.05) is 17.1 Å². The van der Waals surface area contributed by atoms with Crippen LogP contribution in [0.5, 0.6) is 0 Å². The van der Waals surface area contributed by atoms with Gasteiger partial charge >= 0.3 is 6.03 Å². The summed E-state index contributed by atoms with van der Waals surface area (Å²) >= 11 is 3.21. The molecule has 6 heteroatoms. The molecule has 94 valence electrons. The Morgan fingerprint density at radius 1 is 1.59 bits per heavy atom. The molecule has 0 saturated heterocycles. The van der Waals surface area contributed by atoms with E-state index in [1.54, 1.807) is 6.92 Å². The number of rotatable bonds is 4. The van der Waals surface area contributed by atoms with Gasteiger partial charge in [-0.1, -0.05) is 0 Å². The normalized spacial score (nSPS) is 12.0. The number of urea groups is 1. The highest BCUT2D eigenvalue weighted by Gasteiger charge is 2.09. The van der Waals surface area contributed by atoms with Crippen LogP contribution in [0.1, 0.15) is 13.3 Å². The van der Waals surface area contributed by atoms with Crippen molar-refractivity contribution in [3.05, 3.63) is 28.5 Å². The lowest BCUT2D eigenvalue weighted by molar-refractivity contribution is 0.241. The zero-order chi connectivity index (χ0) is 12.8. The summed E-state index contributed by atoms with van der Waals surface area (Å²) in [4.78, 5) is 11.5. The molecule has 0 aromatic heterocycles. The number of aliphatic hydroxyl groups excluding tert-OH is 1. The van der Waals surface area contributed by atoms with E-state index in [-0.39, 0.29) is 12.6 Å². The van der Waals surface area contributed by atoms with Crippen LogP contribution in [-0.4, -0.2) is 23.8 Å². The highest BCUT2D eigenvalue weighted by molar-refractivity contribution is 9.10. The van der Waals surface area contributed by atoms with Gasteiger partial charge in [-0.3, -0.25) is 0 Å². The van der Waals surface area contributed by atoms with E-state index in [1.165, 1.54) is 18.2 Å². The van der Waals surface area contributed by atoms with E-state index >= 15 is 0 Å². The van der Waals surface area contributed by atoms with Gasteiger partial charge in [0.05, 0.1) is 5.69 Å². The Bertz CT molecular complexity index is 401. The standard InChI is InChI=1S/C11H14BrFN2O2/c1-7(4-5-16)14-11(17)15-10-6-8(13)2-3-9(10)12/h2-3,6-7,16H,4-5H2,1H3,(H2,14,15,17)/t7-/m1/s1. The smallest absolute Gasteiger partial charge is 0.319 e. The predicted molar refractivity (Wildman–Crippen MR) is 67.4 cm³/mol. The highest BCUT2D eigenvalue weighted by Crippen LogP contribution is 2.22. The second kappa shape index (κ2) is 6.56. The molecule has 1 aromatic rings. The molecule has 0 saturated carbocycles. The Balaban J connectivity index is 2.58. The van der Waals surface area contributed by atoms with Crippen LogP contribution >= 0.6 is 15.9 Å². The molecule has 0 bridgehead atoms. The van der Waals surface area contributed by atoms with Crippen molar-refractivity contribution in [1.82, 2.24) is 5.32 Å². The number of hydrogen-bond donors (Lipinski definition) is 3. The molecule has 0 spiro atoms. The van der Waals surface area contributed by atoms with Gasteiger partial charge in [0.15, 0.2) is 0 Å². The van der Waals surface area contributed by atoms with Crippen molar-refractivity contribution >= 4 is 27.6 Å². The number of halogens is 2. The van der Waals surface area contributed by atoms with Crippen molar-refractivity contribution in [2.24, 2.45) is 0 Å². The molecular weight excluding hydrogens is 291 g/mol. The van der Waals surface area contributed by atoms with Crippen molar-refractivity contribution < 1.29 is 14.3 Å². The number of anilines is 1. The van der Waals surface area contributed by atoms with Gasteiger partial charge in [0.2, 0.25) is 0 Å². The van der Waals surface area contributed by atoms with Crippen LogP contribution in [0, 0.1) is 5.82 Å². The van der Waals surface area contributed by atoms with Crippen molar-refractivity contribution in [3.8, 4) is 0 Å². The molecule has 0 aliphatic heterocycles. The van der Waals surface area contributed by atoms with Gasteiger partial charge in [0.1, 0.15) is 5.82 Å². The van der Waals surface area contributed by atoms with E-state index in [2.05, 4.69) is 26.6 Å². The Hall–Kier alpha value is -1.14. The maximum Gasteiger partial charge on any atom is 0.319 e. The lowest BCUT2D eigenvalue weighted by Crippen LogP contribution is -2.36. The Morgan fingerprint density at radius 3 is 2.94 bits per heavy atom. The first kappa shape index (κ1) is 13.9. The van der Waals surface area contributed by atoms with E-state index in [1.807, 2.05) is 0 Å². The third-order valence-electron chi connectivity index (χ3n) is 2.12. The number of carbonyl (C=O) groups is 1. The minimum Gasteiger partial charge on any atom is -0.396 e. The fourth-order valence-corrected chi connectivity index (χ4v) is 1.59. The molecule has 0 fully saturated rings. The molecule has 0 aliphatic rings. The van der Waals surface area contributed by atoms with Crippen LogP contribution in [0.15, 0.2) is 22.7 Å². The maximum atomic E-state index is 13.0. The zero-order valence-electron chi connectivity index (χ0n) is 9.34. The van der Waals surface area contributed by atoms with Crippen LogP contribution in [0.25, 0.3) is 0 Å². The van der Waals surface area contributed by atoms with Crippen molar-refractivity contribution in [2.45, 2.75) is 19.4 Å². The number of aliphatic hydroxyl groups is 1. The SMILES string of the molecule is C[C@H](CCO)NC(=O)Nc1cc(F)ccc1Br. The van der Waals surface area contributed by atoms with E-state index in [4.69, 9.17) is 5.11 Å². The van der Waals surface area contributed by atoms with Crippen molar-refractivity contribution in [3.63, 3.8) is 0 Å². The van der Waals surface area contributed by atoms with Crippen LogP contribution in [0.2, 0.25) is 0 Å². The molecule has 1 atom stereocenters. The van der Waals surface area contributed by atoms with E-state index in [9.17, 15) is 9.18 Å². The fourth-order valence-electron chi connectivity index (χ4n) is 1.24. The first-order chi connectivity index (χ1) is 8.02. The lowest BCUT2D eigenvalue weighted by Gasteiger charge is -2.14. The van der Waals surface area contributed by atoms with Gasteiger partial charge in [-0.05, 0) is 47.5 Å². The number of amides is 2. The zero-order valence-corrected chi connectivity index (χ0v) is 10.9. The summed E-state index contributed by atoms with van der Waals surface area (Å²) in [6, 6.07) is 3.45. The van der Waals surface area contributed by atoms with Crippen LogP contribution < -0.4 is 10.6 Å². The molecule has 0 aliphatic carbocycles. The minimum atomic E-state index is -0.433. The third-order valence-corrected chi connectivity index (χ3v) is 2.81. The number of carbonyl (C=O) groups excluding carboxylic acids is 1. The maximum absolute atomic E-state index is 13.0. The fraction of sp³-hybridized carbons (Fsp3) is 0.364. The quantitative estimate of drug-likeness (QED) is 0.800. The topological polar surface area (TPSA) is 61.4 Å². The van der Waals surface area contributed by atoms with Gasteiger partial charge in [-0.15, -0.1) is 0 Å². The van der Waals surface area contributed by atoms with Gasteiger partial charge in [-0.25, -0.2) is 9.18 Å². The number of benzene rings is 1. The Kier molecular flexibility index (Phi) is 5.37. The number of nitrogens with one attached hydrogen (secondary N) is 2. The van der Waals surface area contributed by atoms with Gasteiger partial charge < -0.3 is 15.7 Å². The van der Waals surface area contributed by atoms with E-state index in [0.717, 1.165) is 0 Å². The molecule has 1 rings (SSSR count). The lowest BCUT2D eigenvalue weighted by atomic mass is 10.2. The first-order valence-electron chi connectivity index (χ1n) is 5.16. The molecule has 2 amide bonds. The molecule has 3 N–H and O–H groups in total. The van der Waals surface area contributed by atoms with Crippen LogP contribution in [0.4, 0.5) is 14.9 Å². The summed E-state index contributed by atoms with van der Waals surface area (Å²) in [5.74, 6) is -0.424. The molecular formula is C11H14BrFN2O2. The molecule has 4 nitrogen and oxygen atoms in total. The first-order valence-corrected chi connectivity index (χ1v) is 5.95. The molecule has 17 heavy (non-hydrogen) atoms. The molecule has 0 radical (unpaired) electrons. The van der Waals surface area contributed by atoms with Crippen LogP contribution in [0.3, 0.4) is 0 Å². The summed E-state index contributed by atoms with van der Waals surface area (Å²) in [6.07, 6.45) is 0.470. The summed E-state index contributed by atoms with van der Waals surface area (Å²) in [6.45, 7) is 1.78. The summed E-state index contributed by atoms with van der Waals surface area (Å²) in [5, 5.41) is 13.8. The Labute approximate surface area is 107 Å². The highest BCUT2D eigenvalue weighted by atomic mass is 79.9. The second-order valence-electron chi connectivity index (χ2n) is 3.64. The van der Waals surface area contributed by atoms with Crippen LogP contribution in [-0.2, 0) is 0 Å².